The number of hydrogen-bond acceptors (Lipinski definition) is 3. The first-order valence-corrected chi connectivity index (χ1v) is 9.72. The highest BCUT2D eigenvalue weighted by Gasteiger charge is 2.56. The Labute approximate surface area is 159 Å². The van der Waals surface area contributed by atoms with E-state index in [0.717, 1.165) is 24.8 Å². The van der Waals surface area contributed by atoms with Crippen LogP contribution in [0.15, 0.2) is 30.3 Å². The van der Waals surface area contributed by atoms with Crippen molar-refractivity contribution in [1.29, 1.82) is 0 Å². The first kappa shape index (κ1) is 17.8. The summed E-state index contributed by atoms with van der Waals surface area (Å²) in [6.45, 7) is 4.76. The lowest BCUT2D eigenvalue weighted by Gasteiger charge is -2.39. The molecular weight excluding hydrogens is 344 g/mol. The molecule has 1 atom stereocenters. The average molecular weight is 370 g/mol. The molecule has 1 unspecified atom stereocenters. The summed E-state index contributed by atoms with van der Waals surface area (Å²) in [5, 5.41) is 2.98. The van der Waals surface area contributed by atoms with Crippen LogP contribution in [0, 0.1) is 5.41 Å². The van der Waals surface area contributed by atoms with Crippen molar-refractivity contribution in [3.8, 4) is 0 Å². The fourth-order valence-electron chi connectivity index (χ4n) is 4.63. The number of likely N-dealkylation sites (N-methyl/N-ethyl adjacent to an activating group) is 1. The zero-order valence-electron chi connectivity index (χ0n) is 15.7. The Kier molecular flexibility index (Phi) is 4.53. The predicted molar refractivity (Wildman–Crippen MR) is 99.8 cm³/mol. The van der Waals surface area contributed by atoms with Gasteiger partial charge in [-0.3, -0.25) is 9.69 Å². The van der Waals surface area contributed by atoms with Crippen molar-refractivity contribution in [2.45, 2.75) is 38.8 Å². The van der Waals surface area contributed by atoms with Gasteiger partial charge in [-0.05, 0) is 37.2 Å². The van der Waals surface area contributed by atoms with Gasteiger partial charge in [0.2, 0.25) is 0 Å². The molecule has 4 rings (SSSR count). The first-order valence-electron chi connectivity index (χ1n) is 9.72. The molecule has 1 spiro atoms. The number of amides is 5. The lowest BCUT2D eigenvalue weighted by Crippen LogP contribution is -2.48. The number of nitrogens with zero attached hydrogens (tertiary/aromatic N) is 3. The summed E-state index contributed by atoms with van der Waals surface area (Å²) >= 11 is 0. The van der Waals surface area contributed by atoms with E-state index in [1.807, 2.05) is 42.2 Å². The Morgan fingerprint density at radius 2 is 1.89 bits per heavy atom. The normalized spacial score (nSPS) is 23.9. The van der Waals surface area contributed by atoms with Crippen molar-refractivity contribution in [1.82, 2.24) is 20.0 Å². The van der Waals surface area contributed by atoms with Crippen molar-refractivity contribution < 1.29 is 14.4 Å². The molecule has 144 valence electrons. The summed E-state index contributed by atoms with van der Waals surface area (Å²) in [5.74, 6) is -0.0533. The highest BCUT2D eigenvalue weighted by atomic mass is 16.2. The standard InChI is InChI=1S/C20H26N4O3/c1-2-23-17(25)16-12-20(14-24(16)19(23)27)8-10-22(11-9-20)18(26)21-13-15-6-4-3-5-7-15/h3-7,16H,2,8-14H2,1H3,(H,21,26). The quantitative estimate of drug-likeness (QED) is 0.828. The fourth-order valence-corrected chi connectivity index (χ4v) is 4.63. The van der Waals surface area contributed by atoms with Gasteiger partial charge in [0.1, 0.15) is 6.04 Å². The molecule has 3 aliphatic rings. The molecule has 0 bridgehead atoms. The SMILES string of the molecule is CCN1C(=O)C2CC3(CCN(C(=O)NCc4ccccc4)CC3)CN2C1=O. The number of nitrogens with one attached hydrogen (secondary N) is 1. The molecule has 5 amide bonds. The molecule has 7 nitrogen and oxygen atoms in total. The van der Waals surface area contributed by atoms with Gasteiger partial charge in [-0.15, -0.1) is 0 Å². The number of fused-ring (bicyclic) bond motifs is 1. The Morgan fingerprint density at radius 3 is 2.52 bits per heavy atom. The molecule has 3 heterocycles. The van der Waals surface area contributed by atoms with Gasteiger partial charge in [-0.1, -0.05) is 30.3 Å². The van der Waals surface area contributed by atoms with Crippen LogP contribution in [0.25, 0.3) is 0 Å². The number of urea groups is 2. The fraction of sp³-hybridized carbons (Fsp3) is 0.550. The smallest absolute Gasteiger partial charge is 0.327 e. The molecule has 3 saturated heterocycles. The molecule has 0 saturated carbocycles. The van der Waals surface area contributed by atoms with E-state index in [1.54, 1.807) is 4.90 Å². The molecule has 1 aromatic rings. The third-order valence-corrected chi connectivity index (χ3v) is 6.25. The summed E-state index contributed by atoms with van der Waals surface area (Å²) in [7, 11) is 0. The number of carbonyl (C=O) groups is 3. The van der Waals surface area contributed by atoms with E-state index in [0.29, 0.717) is 32.7 Å². The van der Waals surface area contributed by atoms with Gasteiger partial charge in [0.05, 0.1) is 0 Å². The predicted octanol–water partition coefficient (Wildman–Crippen LogP) is 2.03. The molecule has 0 aliphatic carbocycles. The highest BCUT2D eigenvalue weighted by Crippen LogP contribution is 2.46. The van der Waals surface area contributed by atoms with Crippen LogP contribution in [0.5, 0.6) is 0 Å². The van der Waals surface area contributed by atoms with E-state index in [4.69, 9.17) is 0 Å². The lowest BCUT2D eigenvalue weighted by molar-refractivity contribution is -0.128. The van der Waals surface area contributed by atoms with Gasteiger partial charge in [0, 0.05) is 32.7 Å². The van der Waals surface area contributed by atoms with Crippen LogP contribution in [-0.4, -0.2) is 64.9 Å². The van der Waals surface area contributed by atoms with Crippen LogP contribution in [0.1, 0.15) is 31.7 Å². The Morgan fingerprint density at radius 1 is 1.19 bits per heavy atom. The van der Waals surface area contributed by atoms with Crippen LogP contribution in [0.4, 0.5) is 9.59 Å². The van der Waals surface area contributed by atoms with E-state index < -0.39 is 0 Å². The summed E-state index contributed by atoms with van der Waals surface area (Å²) in [6.07, 6.45) is 2.41. The minimum Gasteiger partial charge on any atom is -0.334 e. The van der Waals surface area contributed by atoms with Crippen LogP contribution in [0.2, 0.25) is 0 Å². The van der Waals surface area contributed by atoms with Gasteiger partial charge in [0.25, 0.3) is 5.91 Å². The zero-order valence-corrected chi connectivity index (χ0v) is 15.7. The highest BCUT2D eigenvalue weighted by molar-refractivity contribution is 6.04. The number of rotatable bonds is 3. The Hall–Kier alpha value is -2.57. The van der Waals surface area contributed by atoms with Crippen LogP contribution in [-0.2, 0) is 11.3 Å². The number of carbonyl (C=O) groups excluding carboxylic acids is 3. The van der Waals surface area contributed by atoms with Gasteiger partial charge in [0.15, 0.2) is 0 Å². The summed E-state index contributed by atoms with van der Waals surface area (Å²) in [6, 6.07) is 9.37. The molecule has 0 aromatic heterocycles. The molecule has 1 aromatic carbocycles. The maximum atomic E-state index is 12.4. The third-order valence-electron chi connectivity index (χ3n) is 6.25. The van der Waals surface area contributed by atoms with Crippen molar-refractivity contribution in [3.63, 3.8) is 0 Å². The first-order chi connectivity index (χ1) is 13.0. The Bertz CT molecular complexity index is 717. The van der Waals surface area contributed by atoms with E-state index in [2.05, 4.69) is 5.32 Å². The van der Waals surface area contributed by atoms with Crippen molar-refractivity contribution in [3.05, 3.63) is 35.9 Å². The minimum absolute atomic E-state index is 0.0218. The summed E-state index contributed by atoms with van der Waals surface area (Å²) in [4.78, 5) is 42.2. The van der Waals surface area contributed by atoms with Crippen LogP contribution >= 0.6 is 0 Å². The van der Waals surface area contributed by atoms with E-state index in [-0.39, 0.29) is 29.4 Å². The van der Waals surface area contributed by atoms with Crippen LogP contribution < -0.4 is 5.32 Å². The number of benzene rings is 1. The number of likely N-dealkylation sites (tertiary alicyclic amines) is 1. The zero-order chi connectivity index (χ0) is 19.0. The lowest BCUT2D eigenvalue weighted by atomic mass is 9.76. The second kappa shape index (κ2) is 6.87. The van der Waals surface area contributed by atoms with Crippen LogP contribution in [0.3, 0.4) is 0 Å². The van der Waals surface area contributed by atoms with Crippen molar-refractivity contribution in [2.75, 3.05) is 26.2 Å². The van der Waals surface area contributed by atoms with Gasteiger partial charge in [-0.25, -0.2) is 9.59 Å². The van der Waals surface area contributed by atoms with Gasteiger partial charge >= 0.3 is 12.1 Å². The molecule has 27 heavy (non-hydrogen) atoms. The maximum absolute atomic E-state index is 12.4. The van der Waals surface area contributed by atoms with Crippen molar-refractivity contribution >= 4 is 18.0 Å². The number of imide groups is 1. The van der Waals surface area contributed by atoms with E-state index in [1.165, 1.54) is 4.90 Å². The van der Waals surface area contributed by atoms with Crippen molar-refractivity contribution in [2.24, 2.45) is 5.41 Å². The second-order valence-corrected chi connectivity index (χ2v) is 7.84. The number of piperidine rings is 1. The third kappa shape index (κ3) is 3.15. The minimum atomic E-state index is -0.295. The molecule has 1 N–H and O–H groups in total. The number of hydrogen-bond donors (Lipinski definition) is 1. The largest absolute Gasteiger partial charge is 0.334 e. The van der Waals surface area contributed by atoms with Gasteiger partial charge in [-0.2, -0.15) is 0 Å². The molecular formula is C20H26N4O3. The molecule has 3 fully saturated rings. The summed E-state index contributed by atoms with van der Waals surface area (Å²) < 4.78 is 0. The molecule has 7 heteroatoms. The van der Waals surface area contributed by atoms with Gasteiger partial charge < -0.3 is 15.1 Å². The van der Waals surface area contributed by atoms with E-state index >= 15 is 0 Å². The second-order valence-electron chi connectivity index (χ2n) is 7.84. The maximum Gasteiger partial charge on any atom is 0.327 e. The molecule has 3 aliphatic heterocycles. The monoisotopic (exact) mass is 370 g/mol. The van der Waals surface area contributed by atoms with E-state index in [9.17, 15) is 14.4 Å². The Balaban J connectivity index is 1.31. The average Bonchev–Trinajstić information content (AvgIpc) is 3.16. The molecule has 0 radical (unpaired) electrons. The summed E-state index contributed by atoms with van der Waals surface area (Å²) in [5.41, 5.74) is 1.06. The topological polar surface area (TPSA) is 73.0 Å².